The molecule has 8 heteroatoms. The predicted octanol–water partition coefficient (Wildman–Crippen LogP) is 3.46. The largest absolute Gasteiger partial charge is 0.479 e. The standard InChI is InChI=1S/C25H28N2O6/c1-15(24(29)30)33-27-23(28)17(12-16-10-11-16)13-26-25(31)32-14-22-20-8-4-2-6-18(20)19-7-3-5-9-21(19)22/h2-9,15-17,22H,10-14H2,1H3,(H,26,31)(H,27,28)(H,29,30). The number of nitrogens with one attached hydrogen (secondary N) is 2. The summed E-state index contributed by atoms with van der Waals surface area (Å²) in [5.74, 6) is -1.76. The third-order valence-corrected chi connectivity index (χ3v) is 6.21. The number of rotatable bonds is 10. The zero-order valence-electron chi connectivity index (χ0n) is 18.5. The highest BCUT2D eigenvalue weighted by atomic mass is 16.7. The second-order valence-electron chi connectivity index (χ2n) is 8.65. The minimum atomic E-state index is -1.18. The number of carbonyl (C=O) groups is 3. The fourth-order valence-electron chi connectivity index (χ4n) is 4.18. The zero-order chi connectivity index (χ0) is 23.4. The van der Waals surface area contributed by atoms with Crippen LogP contribution in [0.4, 0.5) is 4.79 Å². The molecule has 33 heavy (non-hydrogen) atoms. The van der Waals surface area contributed by atoms with Crippen molar-refractivity contribution in [3.8, 4) is 11.1 Å². The van der Waals surface area contributed by atoms with Crippen LogP contribution in [0.1, 0.15) is 43.2 Å². The molecule has 0 spiro atoms. The molecule has 0 saturated heterocycles. The lowest BCUT2D eigenvalue weighted by atomic mass is 9.98. The summed E-state index contributed by atoms with van der Waals surface area (Å²) in [4.78, 5) is 40.7. The summed E-state index contributed by atoms with van der Waals surface area (Å²) in [6.07, 6.45) is 0.929. The average Bonchev–Trinajstić information content (AvgIpc) is 3.59. The van der Waals surface area contributed by atoms with E-state index >= 15 is 0 Å². The topological polar surface area (TPSA) is 114 Å². The number of hydrogen-bond donors (Lipinski definition) is 3. The Morgan fingerprint density at radius 1 is 1.03 bits per heavy atom. The zero-order valence-corrected chi connectivity index (χ0v) is 18.5. The van der Waals surface area contributed by atoms with E-state index in [1.165, 1.54) is 6.92 Å². The summed E-state index contributed by atoms with van der Waals surface area (Å²) in [5, 5.41) is 11.6. The van der Waals surface area contributed by atoms with Gasteiger partial charge in [0.05, 0.1) is 5.92 Å². The van der Waals surface area contributed by atoms with Gasteiger partial charge in [-0.1, -0.05) is 61.4 Å². The van der Waals surface area contributed by atoms with Crippen LogP contribution < -0.4 is 10.8 Å². The van der Waals surface area contributed by atoms with Crippen molar-refractivity contribution in [3.05, 3.63) is 59.7 Å². The number of ether oxygens (including phenoxy) is 1. The highest BCUT2D eigenvalue weighted by Crippen LogP contribution is 2.44. The van der Waals surface area contributed by atoms with Crippen molar-refractivity contribution in [2.75, 3.05) is 13.2 Å². The summed E-state index contributed by atoms with van der Waals surface area (Å²) in [6.45, 7) is 1.61. The Labute approximate surface area is 192 Å². The van der Waals surface area contributed by atoms with Crippen LogP contribution in [0, 0.1) is 11.8 Å². The summed E-state index contributed by atoms with van der Waals surface area (Å²) >= 11 is 0. The van der Waals surface area contributed by atoms with E-state index in [-0.39, 0.29) is 19.1 Å². The van der Waals surface area contributed by atoms with Crippen LogP contribution in [0.5, 0.6) is 0 Å². The van der Waals surface area contributed by atoms with Gasteiger partial charge in [0.2, 0.25) is 5.91 Å². The maximum atomic E-state index is 12.5. The van der Waals surface area contributed by atoms with Crippen molar-refractivity contribution < 1.29 is 29.1 Å². The molecule has 4 rings (SSSR count). The Morgan fingerprint density at radius 2 is 1.64 bits per heavy atom. The van der Waals surface area contributed by atoms with Gasteiger partial charge >= 0.3 is 12.1 Å². The molecule has 174 valence electrons. The quantitative estimate of drug-likeness (QED) is 0.476. The number of amides is 2. The van der Waals surface area contributed by atoms with E-state index in [1.54, 1.807) is 0 Å². The monoisotopic (exact) mass is 452 g/mol. The molecule has 3 N–H and O–H groups in total. The average molecular weight is 453 g/mol. The fraction of sp³-hybridized carbons (Fsp3) is 0.400. The number of hydroxylamine groups is 1. The second kappa shape index (κ2) is 10.0. The number of hydrogen-bond acceptors (Lipinski definition) is 5. The lowest BCUT2D eigenvalue weighted by Crippen LogP contribution is -2.41. The van der Waals surface area contributed by atoms with Gasteiger partial charge in [-0.2, -0.15) is 0 Å². The first-order chi connectivity index (χ1) is 15.9. The van der Waals surface area contributed by atoms with E-state index in [4.69, 9.17) is 14.7 Å². The van der Waals surface area contributed by atoms with Gasteiger partial charge in [0.25, 0.3) is 0 Å². The molecule has 1 fully saturated rings. The molecule has 0 bridgehead atoms. The maximum Gasteiger partial charge on any atom is 0.407 e. The molecule has 0 heterocycles. The van der Waals surface area contributed by atoms with E-state index in [1.807, 2.05) is 24.3 Å². The van der Waals surface area contributed by atoms with Gasteiger partial charge in [0.1, 0.15) is 6.61 Å². The van der Waals surface area contributed by atoms with Crippen LogP contribution >= 0.6 is 0 Å². The number of fused-ring (bicyclic) bond motifs is 3. The Balaban J connectivity index is 1.31. The van der Waals surface area contributed by atoms with E-state index < -0.39 is 30.0 Å². The first-order valence-corrected chi connectivity index (χ1v) is 11.2. The Kier molecular flexibility index (Phi) is 6.93. The van der Waals surface area contributed by atoms with Gasteiger partial charge < -0.3 is 15.2 Å². The molecule has 0 aliphatic heterocycles. The van der Waals surface area contributed by atoms with Crippen LogP contribution in [0.25, 0.3) is 11.1 Å². The van der Waals surface area contributed by atoms with Crippen LogP contribution in [-0.2, 0) is 19.2 Å². The van der Waals surface area contributed by atoms with Crippen molar-refractivity contribution in [1.82, 2.24) is 10.8 Å². The SMILES string of the molecule is CC(ONC(=O)C(CNC(=O)OCC1c2ccccc2-c2ccccc21)CC1CC1)C(=O)O. The molecule has 2 amide bonds. The molecule has 2 aliphatic rings. The summed E-state index contributed by atoms with van der Waals surface area (Å²) < 4.78 is 5.53. The predicted molar refractivity (Wildman–Crippen MR) is 120 cm³/mol. The number of carboxylic acids is 1. The number of aliphatic carboxylic acids is 1. The normalized spacial score (nSPS) is 16.3. The number of alkyl carbamates (subject to hydrolysis) is 1. The third-order valence-electron chi connectivity index (χ3n) is 6.21. The number of carbonyl (C=O) groups excluding carboxylic acids is 2. The van der Waals surface area contributed by atoms with Crippen molar-refractivity contribution in [2.45, 2.75) is 38.2 Å². The summed E-state index contributed by atoms with van der Waals surface area (Å²) in [7, 11) is 0. The summed E-state index contributed by atoms with van der Waals surface area (Å²) in [6, 6.07) is 16.2. The van der Waals surface area contributed by atoms with E-state index in [0.29, 0.717) is 12.3 Å². The molecular weight excluding hydrogens is 424 g/mol. The van der Waals surface area contributed by atoms with Crippen LogP contribution in [0.2, 0.25) is 0 Å². The molecule has 1 saturated carbocycles. The van der Waals surface area contributed by atoms with Gasteiger partial charge in [-0.3, -0.25) is 9.63 Å². The third kappa shape index (κ3) is 5.51. The molecule has 2 aromatic rings. The van der Waals surface area contributed by atoms with Gasteiger partial charge in [-0.15, -0.1) is 0 Å². The molecule has 2 aromatic carbocycles. The van der Waals surface area contributed by atoms with Gasteiger partial charge in [-0.25, -0.2) is 15.1 Å². The van der Waals surface area contributed by atoms with Crippen molar-refractivity contribution >= 4 is 18.0 Å². The highest BCUT2D eigenvalue weighted by Gasteiger charge is 2.31. The van der Waals surface area contributed by atoms with E-state index in [0.717, 1.165) is 35.1 Å². The van der Waals surface area contributed by atoms with Crippen molar-refractivity contribution in [1.29, 1.82) is 0 Å². The van der Waals surface area contributed by atoms with E-state index in [2.05, 4.69) is 35.1 Å². The molecular formula is C25H28N2O6. The van der Waals surface area contributed by atoms with Crippen molar-refractivity contribution in [2.24, 2.45) is 11.8 Å². The van der Waals surface area contributed by atoms with Crippen LogP contribution in [0.15, 0.2) is 48.5 Å². The summed E-state index contributed by atoms with van der Waals surface area (Å²) in [5.41, 5.74) is 6.77. The minimum Gasteiger partial charge on any atom is -0.479 e. The molecule has 2 atom stereocenters. The number of carboxylic acid groups (broad SMARTS) is 1. The molecule has 2 aliphatic carbocycles. The van der Waals surface area contributed by atoms with Crippen LogP contribution in [-0.4, -0.2) is 42.3 Å². The highest BCUT2D eigenvalue weighted by molar-refractivity contribution is 5.80. The molecule has 0 radical (unpaired) electrons. The maximum absolute atomic E-state index is 12.5. The lowest BCUT2D eigenvalue weighted by Gasteiger charge is -2.19. The Bertz CT molecular complexity index is 990. The molecule has 8 nitrogen and oxygen atoms in total. The molecule has 2 unspecified atom stereocenters. The Morgan fingerprint density at radius 3 is 2.21 bits per heavy atom. The minimum absolute atomic E-state index is 0.0420. The van der Waals surface area contributed by atoms with Gasteiger partial charge in [-0.05, 0) is 41.5 Å². The second-order valence-corrected chi connectivity index (χ2v) is 8.65. The van der Waals surface area contributed by atoms with Crippen LogP contribution in [0.3, 0.4) is 0 Å². The molecule has 0 aromatic heterocycles. The van der Waals surface area contributed by atoms with E-state index in [9.17, 15) is 14.4 Å². The van der Waals surface area contributed by atoms with Gasteiger partial charge in [0.15, 0.2) is 6.10 Å². The van der Waals surface area contributed by atoms with Crippen molar-refractivity contribution in [3.63, 3.8) is 0 Å². The lowest BCUT2D eigenvalue weighted by molar-refractivity contribution is -0.160. The first kappa shape index (κ1) is 22.8. The Hall–Kier alpha value is -3.39. The number of benzene rings is 2. The fourth-order valence-corrected chi connectivity index (χ4v) is 4.18. The first-order valence-electron chi connectivity index (χ1n) is 11.2. The van der Waals surface area contributed by atoms with Gasteiger partial charge in [0, 0.05) is 12.5 Å². The smallest absolute Gasteiger partial charge is 0.407 e.